The second-order valence-electron chi connectivity index (χ2n) is 5.26. The number of pyridine rings is 1. The Kier molecular flexibility index (Phi) is 4.26. The third kappa shape index (κ3) is 3.47. The summed E-state index contributed by atoms with van der Waals surface area (Å²) in [6.07, 6.45) is 4.94. The number of nitrogens with one attached hydrogen (secondary N) is 1. The molecular weight excluding hydrogens is 260 g/mol. The first kappa shape index (κ1) is 13.8. The quantitative estimate of drug-likeness (QED) is 0.706. The first-order valence-corrected chi connectivity index (χ1v) is 7.35. The van der Waals surface area contributed by atoms with Crippen LogP contribution in [0, 0.1) is 6.92 Å². The number of fused-ring (bicyclic) bond motifs is 1. The van der Waals surface area contributed by atoms with Gasteiger partial charge in [-0.3, -0.25) is 4.98 Å². The fraction of sp³-hybridized carbons (Fsp3) is 0.294. The second kappa shape index (κ2) is 6.50. The van der Waals surface area contributed by atoms with E-state index in [1.54, 1.807) is 0 Å². The van der Waals surface area contributed by atoms with Gasteiger partial charge >= 0.3 is 0 Å². The molecule has 2 aromatic heterocycles. The van der Waals surface area contributed by atoms with E-state index in [0.29, 0.717) is 0 Å². The number of hydrogen-bond donors (Lipinski definition) is 1. The minimum absolute atomic E-state index is 0.873. The zero-order valence-electron chi connectivity index (χ0n) is 12.3. The van der Waals surface area contributed by atoms with Crippen molar-refractivity contribution in [2.45, 2.75) is 26.4 Å². The van der Waals surface area contributed by atoms with Gasteiger partial charge in [0.2, 0.25) is 0 Å². The lowest BCUT2D eigenvalue weighted by Crippen LogP contribution is -2.16. The van der Waals surface area contributed by atoms with Crippen LogP contribution in [-0.2, 0) is 13.1 Å². The van der Waals surface area contributed by atoms with Crippen LogP contribution in [0.1, 0.15) is 17.7 Å². The lowest BCUT2D eigenvalue weighted by molar-refractivity contribution is 0.588. The standard InChI is InChI=1S/C17H20N4/c1-14-7-8-15(12-19-14)11-18-9-4-10-21-13-20-16-5-2-3-6-17(16)21/h2-3,5-8,12-13,18H,4,9-11H2,1H3. The van der Waals surface area contributed by atoms with Gasteiger partial charge in [0, 0.05) is 25.0 Å². The Morgan fingerprint density at radius 3 is 2.86 bits per heavy atom. The summed E-state index contributed by atoms with van der Waals surface area (Å²) in [6.45, 7) is 4.85. The molecule has 4 heteroatoms. The zero-order chi connectivity index (χ0) is 14.5. The van der Waals surface area contributed by atoms with Gasteiger partial charge in [-0.1, -0.05) is 18.2 Å². The predicted octanol–water partition coefficient (Wildman–Crippen LogP) is 2.92. The summed E-state index contributed by atoms with van der Waals surface area (Å²) >= 11 is 0. The average molecular weight is 280 g/mol. The Labute approximate surface area is 124 Å². The van der Waals surface area contributed by atoms with E-state index in [1.807, 2.05) is 25.5 Å². The van der Waals surface area contributed by atoms with Gasteiger partial charge in [-0.15, -0.1) is 0 Å². The maximum Gasteiger partial charge on any atom is 0.0958 e. The Morgan fingerprint density at radius 1 is 1.10 bits per heavy atom. The molecule has 0 aliphatic carbocycles. The number of para-hydroxylation sites is 2. The van der Waals surface area contributed by atoms with E-state index in [4.69, 9.17) is 0 Å². The molecule has 0 saturated heterocycles. The van der Waals surface area contributed by atoms with E-state index in [2.05, 4.69) is 50.2 Å². The first-order valence-electron chi connectivity index (χ1n) is 7.35. The van der Waals surface area contributed by atoms with Crippen LogP contribution in [-0.4, -0.2) is 21.1 Å². The van der Waals surface area contributed by atoms with Gasteiger partial charge in [-0.25, -0.2) is 4.98 Å². The van der Waals surface area contributed by atoms with Crippen molar-refractivity contribution in [1.29, 1.82) is 0 Å². The highest BCUT2D eigenvalue weighted by atomic mass is 15.0. The summed E-state index contributed by atoms with van der Waals surface area (Å²) in [5.74, 6) is 0. The summed E-state index contributed by atoms with van der Waals surface area (Å²) in [6, 6.07) is 12.4. The summed E-state index contributed by atoms with van der Waals surface area (Å²) in [7, 11) is 0. The molecule has 108 valence electrons. The molecule has 0 atom stereocenters. The molecule has 0 fully saturated rings. The van der Waals surface area contributed by atoms with Crippen molar-refractivity contribution in [3.8, 4) is 0 Å². The van der Waals surface area contributed by atoms with Crippen molar-refractivity contribution >= 4 is 11.0 Å². The van der Waals surface area contributed by atoms with Gasteiger partial charge in [-0.2, -0.15) is 0 Å². The van der Waals surface area contributed by atoms with Crippen LogP contribution in [0.25, 0.3) is 11.0 Å². The van der Waals surface area contributed by atoms with Crippen molar-refractivity contribution in [2.24, 2.45) is 0 Å². The van der Waals surface area contributed by atoms with Gasteiger partial charge in [0.15, 0.2) is 0 Å². The van der Waals surface area contributed by atoms with E-state index in [-0.39, 0.29) is 0 Å². The minimum Gasteiger partial charge on any atom is -0.331 e. The molecule has 4 nitrogen and oxygen atoms in total. The Balaban J connectivity index is 1.45. The highest BCUT2D eigenvalue weighted by Crippen LogP contribution is 2.11. The van der Waals surface area contributed by atoms with E-state index in [1.165, 1.54) is 11.1 Å². The zero-order valence-corrected chi connectivity index (χ0v) is 12.3. The summed E-state index contributed by atoms with van der Waals surface area (Å²) in [4.78, 5) is 8.71. The molecule has 2 heterocycles. The highest BCUT2D eigenvalue weighted by molar-refractivity contribution is 5.74. The van der Waals surface area contributed by atoms with Crippen LogP contribution >= 0.6 is 0 Å². The normalized spacial score (nSPS) is 11.1. The SMILES string of the molecule is Cc1ccc(CNCCCn2cnc3ccccc32)cn1. The number of rotatable bonds is 6. The fourth-order valence-corrected chi connectivity index (χ4v) is 2.40. The summed E-state index contributed by atoms with van der Waals surface area (Å²) in [5, 5.41) is 3.46. The van der Waals surface area contributed by atoms with Crippen molar-refractivity contribution < 1.29 is 0 Å². The molecule has 0 aliphatic heterocycles. The lowest BCUT2D eigenvalue weighted by Gasteiger charge is -2.06. The van der Waals surface area contributed by atoms with Crippen LogP contribution < -0.4 is 5.32 Å². The number of aromatic nitrogens is 3. The third-order valence-corrected chi connectivity index (χ3v) is 3.58. The molecule has 1 N–H and O–H groups in total. The van der Waals surface area contributed by atoms with Crippen LogP contribution in [0.5, 0.6) is 0 Å². The van der Waals surface area contributed by atoms with Gasteiger partial charge in [0.25, 0.3) is 0 Å². The Hall–Kier alpha value is -2.20. The number of nitrogens with zero attached hydrogens (tertiary/aromatic N) is 3. The molecule has 21 heavy (non-hydrogen) atoms. The van der Waals surface area contributed by atoms with Crippen LogP contribution in [0.3, 0.4) is 0 Å². The number of benzene rings is 1. The van der Waals surface area contributed by atoms with E-state index < -0.39 is 0 Å². The molecule has 0 unspecified atom stereocenters. The molecule has 0 amide bonds. The maximum atomic E-state index is 4.41. The topological polar surface area (TPSA) is 42.7 Å². The third-order valence-electron chi connectivity index (χ3n) is 3.58. The largest absolute Gasteiger partial charge is 0.331 e. The molecule has 0 bridgehead atoms. The molecule has 3 aromatic rings. The van der Waals surface area contributed by atoms with Crippen molar-refractivity contribution in [3.05, 3.63) is 60.2 Å². The Morgan fingerprint density at radius 2 is 2.00 bits per heavy atom. The van der Waals surface area contributed by atoms with Gasteiger partial charge in [-0.05, 0) is 43.7 Å². The molecule has 0 spiro atoms. The van der Waals surface area contributed by atoms with E-state index in [9.17, 15) is 0 Å². The number of imidazole rings is 1. The smallest absolute Gasteiger partial charge is 0.0958 e. The van der Waals surface area contributed by atoms with Crippen molar-refractivity contribution in [2.75, 3.05) is 6.54 Å². The Bertz CT molecular complexity index is 700. The predicted molar refractivity (Wildman–Crippen MR) is 85.0 cm³/mol. The maximum absolute atomic E-state index is 4.41. The second-order valence-corrected chi connectivity index (χ2v) is 5.26. The molecule has 0 saturated carbocycles. The highest BCUT2D eigenvalue weighted by Gasteiger charge is 2.00. The molecule has 0 radical (unpaired) electrons. The summed E-state index contributed by atoms with van der Waals surface area (Å²) in [5.41, 5.74) is 4.57. The molecule has 3 rings (SSSR count). The monoisotopic (exact) mass is 280 g/mol. The van der Waals surface area contributed by atoms with Gasteiger partial charge in [0.1, 0.15) is 0 Å². The van der Waals surface area contributed by atoms with Crippen molar-refractivity contribution in [1.82, 2.24) is 19.9 Å². The van der Waals surface area contributed by atoms with Crippen LogP contribution in [0.4, 0.5) is 0 Å². The number of hydrogen-bond acceptors (Lipinski definition) is 3. The lowest BCUT2D eigenvalue weighted by atomic mass is 10.2. The van der Waals surface area contributed by atoms with Crippen LogP contribution in [0.15, 0.2) is 48.9 Å². The average Bonchev–Trinajstić information content (AvgIpc) is 2.92. The van der Waals surface area contributed by atoms with Crippen molar-refractivity contribution in [3.63, 3.8) is 0 Å². The summed E-state index contributed by atoms with van der Waals surface area (Å²) < 4.78 is 2.21. The van der Waals surface area contributed by atoms with E-state index in [0.717, 1.165) is 37.3 Å². The number of aryl methyl sites for hydroxylation is 2. The molecule has 0 aliphatic rings. The molecule has 1 aromatic carbocycles. The minimum atomic E-state index is 0.873. The van der Waals surface area contributed by atoms with Gasteiger partial charge in [0.05, 0.1) is 17.4 Å². The van der Waals surface area contributed by atoms with Crippen LogP contribution in [0.2, 0.25) is 0 Å². The first-order chi connectivity index (χ1) is 10.3. The fourth-order valence-electron chi connectivity index (χ4n) is 2.40. The van der Waals surface area contributed by atoms with E-state index >= 15 is 0 Å². The molecular formula is C17H20N4. The van der Waals surface area contributed by atoms with Gasteiger partial charge < -0.3 is 9.88 Å².